The number of nitrogens with one attached hydrogen (secondary N) is 1. The van der Waals surface area contributed by atoms with Crippen LogP contribution in [0.1, 0.15) is 14.5 Å². The number of benzene rings is 1. The van der Waals surface area contributed by atoms with Gasteiger partial charge in [0.15, 0.2) is 10.1 Å². The number of fused-ring (bicyclic) bond motifs is 3. The van der Waals surface area contributed by atoms with E-state index in [1.165, 1.54) is 22.7 Å². The van der Waals surface area contributed by atoms with Crippen molar-refractivity contribution in [1.29, 1.82) is 0 Å². The summed E-state index contributed by atoms with van der Waals surface area (Å²) in [5.41, 5.74) is 2.82. The molecule has 4 heterocycles. The molecule has 6 nitrogen and oxygen atoms in total. The van der Waals surface area contributed by atoms with Gasteiger partial charge in [-0.05, 0) is 37.3 Å². The zero-order valence-electron chi connectivity index (χ0n) is 14.9. The van der Waals surface area contributed by atoms with Crippen LogP contribution in [0.4, 0.5) is 5.13 Å². The summed E-state index contributed by atoms with van der Waals surface area (Å²) in [6, 6.07) is 9.62. The third kappa shape index (κ3) is 2.88. The molecule has 5 aromatic rings. The maximum Gasteiger partial charge on any atom is 0.267 e. The van der Waals surface area contributed by atoms with Crippen LogP contribution >= 0.6 is 34.0 Å². The number of methoxy groups -OCH3 is 1. The Hall–Kier alpha value is -2.75. The van der Waals surface area contributed by atoms with Gasteiger partial charge in [0.25, 0.3) is 5.91 Å². The molecular formula is C19H14N4O2S3. The fourth-order valence-corrected chi connectivity index (χ4v) is 5.51. The monoisotopic (exact) mass is 426 g/mol. The van der Waals surface area contributed by atoms with Gasteiger partial charge in [0.05, 0.1) is 23.2 Å². The highest BCUT2D eigenvalue weighted by Crippen LogP contribution is 2.33. The standard InChI is InChI=1S/C19H14N4O2S3/c1-10-15(11-3-5-12(25-2)6-4-11)20-18(27-10)21-16(24)14-9-13-17(28-14)22-19-23(13)7-8-26-19/h3-9H,1-2H3,(H,20,21,24). The van der Waals surface area contributed by atoms with Crippen molar-refractivity contribution >= 4 is 60.4 Å². The van der Waals surface area contributed by atoms with Gasteiger partial charge in [-0.1, -0.05) is 0 Å². The van der Waals surface area contributed by atoms with Crippen LogP contribution in [-0.4, -0.2) is 27.4 Å². The lowest BCUT2D eigenvalue weighted by Gasteiger charge is -2.01. The third-order valence-electron chi connectivity index (χ3n) is 4.34. The summed E-state index contributed by atoms with van der Waals surface area (Å²) in [6.07, 6.45) is 1.97. The van der Waals surface area contributed by atoms with E-state index in [-0.39, 0.29) is 5.91 Å². The Kier molecular flexibility index (Phi) is 4.15. The molecule has 1 N–H and O–H groups in total. The number of imidazole rings is 1. The second-order valence-electron chi connectivity index (χ2n) is 6.07. The number of ether oxygens (including phenoxy) is 1. The smallest absolute Gasteiger partial charge is 0.267 e. The van der Waals surface area contributed by atoms with Crippen molar-refractivity contribution in [1.82, 2.24) is 14.4 Å². The second-order valence-corrected chi connectivity index (χ2v) is 9.18. The van der Waals surface area contributed by atoms with Crippen LogP contribution in [0.25, 0.3) is 26.6 Å². The Morgan fingerprint density at radius 3 is 2.79 bits per heavy atom. The lowest BCUT2D eigenvalue weighted by atomic mass is 10.1. The second kappa shape index (κ2) is 6.69. The molecule has 0 saturated heterocycles. The van der Waals surface area contributed by atoms with Crippen LogP contribution in [0.15, 0.2) is 41.9 Å². The number of anilines is 1. The van der Waals surface area contributed by atoms with Crippen molar-refractivity contribution in [2.24, 2.45) is 0 Å². The number of hydrogen-bond donors (Lipinski definition) is 1. The van der Waals surface area contributed by atoms with Crippen molar-refractivity contribution in [2.75, 3.05) is 12.4 Å². The molecule has 5 rings (SSSR count). The minimum atomic E-state index is -0.165. The summed E-state index contributed by atoms with van der Waals surface area (Å²) in [6.45, 7) is 2.00. The molecule has 28 heavy (non-hydrogen) atoms. The van der Waals surface area contributed by atoms with Gasteiger partial charge in [0, 0.05) is 22.0 Å². The zero-order chi connectivity index (χ0) is 19.3. The molecule has 0 radical (unpaired) electrons. The van der Waals surface area contributed by atoms with Crippen LogP contribution in [0, 0.1) is 6.92 Å². The van der Waals surface area contributed by atoms with E-state index < -0.39 is 0 Å². The highest BCUT2D eigenvalue weighted by molar-refractivity contribution is 7.21. The Morgan fingerprint density at radius 2 is 2.00 bits per heavy atom. The van der Waals surface area contributed by atoms with E-state index in [4.69, 9.17) is 4.74 Å². The average Bonchev–Trinajstić information content (AvgIpc) is 3.43. The van der Waals surface area contributed by atoms with Crippen molar-refractivity contribution in [3.8, 4) is 17.0 Å². The highest BCUT2D eigenvalue weighted by Gasteiger charge is 2.17. The molecule has 0 unspecified atom stereocenters. The SMILES string of the molecule is COc1ccc(-c2nc(NC(=O)c3cc4c(nc5sccn54)s3)sc2C)cc1. The number of aryl methyl sites for hydroxylation is 1. The minimum absolute atomic E-state index is 0.165. The Bertz CT molecular complexity index is 1310. The van der Waals surface area contributed by atoms with Crippen molar-refractivity contribution in [3.05, 3.63) is 51.7 Å². The van der Waals surface area contributed by atoms with Gasteiger partial charge < -0.3 is 4.74 Å². The van der Waals surface area contributed by atoms with E-state index in [1.54, 1.807) is 18.4 Å². The third-order valence-corrected chi connectivity index (χ3v) is 7.00. The number of thiazole rings is 2. The van der Waals surface area contributed by atoms with Gasteiger partial charge in [0.2, 0.25) is 0 Å². The van der Waals surface area contributed by atoms with Gasteiger partial charge in [-0.15, -0.1) is 34.0 Å². The minimum Gasteiger partial charge on any atom is -0.497 e. The molecule has 0 aliphatic rings. The molecule has 9 heteroatoms. The first-order chi connectivity index (χ1) is 13.6. The number of rotatable bonds is 4. The van der Waals surface area contributed by atoms with E-state index in [9.17, 15) is 4.79 Å². The molecular weight excluding hydrogens is 412 g/mol. The summed E-state index contributed by atoms with van der Waals surface area (Å²) in [7, 11) is 1.64. The van der Waals surface area contributed by atoms with Crippen LogP contribution in [0.3, 0.4) is 0 Å². The lowest BCUT2D eigenvalue weighted by molar-refractivity contribution is 0.103. The predicted octanol–water partition coefficient (Wildman–Crippen LogP) is 5.30. The van der Waals surface area contributed by atoms with Gasteiger partial charge in [-0.2, -0.15) is 0 Å². The first-order valence-electron chi connectivity index (χ1n) is 8.40. The first kappa shape index (κ1) is 17.4. The number of carbonyl (C=O) groups excluding carboxylic acids is 1. The molecule has 4 aromatic heterocycles. The molecule has 140 valence electrons. The average molecular weight is 427 g/mol. The number of hydrogen-bond acceptors (Lipinski definition) is 7. The van der Waals surface area contributed by atoms with E-state index in [1.807, 2.05) is 53.2 Å². The largest absolute Gasteiger partial charge is 0.497 e. The van der Waals surface area contributed by atoms with E-state index in [0.717, 1.165) is 37.2 Å². The molecule has 0 aliphatic heterocycles. The summed E-state index contributed by atoms with van der Waals surface area (Å²) >= 11 is 4.44. The van der Waals surface area contributed by atoms with Crippen molar-refractivity contribution in [2.45, 2.75) is 6.92 Å². The maximum absolute atomic E-state index is 12.7. The summed E-state index contributed by atoms with van der Waals surface area (Å²) < 4.78 is 7.20. The molecule has 0 atom stereocenters. The Balaban J connectivity index is 1.40. The first-order valence-corrected chi connectivity index (χ1v) is 10.9. The van der Waals surface area contributed by atoms with Gasteiger partial charge in [0.1, 0.15) is 10.6 Å². The highest BCUT2D eigenvalue weighted by atomic mass is 32.1. The number of amides is 1. The van der Waals surface area contributed by atoms with Crippen LogP contribution in [0.5, 0.6) is 5.75 Å². The molecule has 0 bridgehead atoms. The van der Waals surface area contributed by atoms with Crippen LogP contribution < -0.4 is 10.1 Å². The Morgan fingerprint density at radius 1 is 1.18 bits per heavy atom. The van der Waals surface area contributed by atoms with E-state index in [2.05, 4.69) is 15.3 Å². The van der Waals surface area contributed by atoms with Crippen molar-refractivity contribution < 1.29 is 9.53 Å². The lowest BCUT2D eigenvalue weighted by Crippen LogP contribution is -2.09. The van der Waals surface area contributed by atoms with Gasteiger partial charge >= 0.3 is 0 Å². The molecule has 0 saturated carbocycles. The quantitative estimate of drug-likeness (QED) is 0.423. The van der Waals surface area contributed by atoms with Crippen LogP contribution in [-0.2, 0) is 0 Å². The number of thiophene rings is 1. The molecule has 1 amide bonds. The van der Waals surface area contributed by atoms with Gasteiger partial charge in [-0.3, -0.25) is 14.5 Å². The topological polar surface area (TPSA) is 68.5 Å². The normalized spacial score (nSPS) is 11.4. The molecule has 0 aliphatic carbocycles. The number of nitrogens with zero attached hydrogens (tertiary/aromatic N) is 3. The number of carbonyl (C=O) groups is 1. The summed E-state index contributed by atoms with van der Waals surface area (Å²) in [5.74, 6) is 0.634. The van der Waals surface area contributed by atoms with Gasteiger partial charge in [-0.25, -0.2) is 9.97 Å². The Labute approximate surface area is 172 Å². The predicted molar refractivity (Wildman–Crippen MR) is 115 cm³/mol. The summed E-state index contributed by atoms with van der Waals surface area (Å²) in [5, 5.41) is 5.49. The number of aromatic nitrogens is 3. The van der Waals surface area contributed by atoms with Crippen molar-refractivity contribution in [3.63, 3.8) is 0 Å². The fraction of sp³-hybridized carbons (Fsp3) is 0.105. The molecule has 0 fully saturated rings. The maximum atomic E-state index is 12.7. The molecule has 1 aromatic carbocycles. The fourth-order valence-electron chi connectivity index (χ4n) is 2.98. The van der Waals surface area contributed by atoms with Crippen LogP contribution in [0.2, 0.25) is 0 Å². The summed E-state index contributed by atoms with van der Waals surface area (Å²) in [4.78, 5) is 25.4. The zero-order valence-corrected chi connectivity index (χ0v) is 17.4. The van der Waals surface area contributed by atoms with E-state index in [0.29, 0.717) is 10.0 Å². The van der Waals surface area contributed by atoms with E-state index >= 15 is 0 Å². The molecule has 0 spiro atoms.